The van der Waals surface area contributed by atoms with Crippen LogP contribution in [0.4, 0.5) is 27.1 Å². The molecule has 3 aromatic rings. The zero-order valence-electron chi connectivity index (χ0n) is 15.4. The fourth-order valence-electron chi connectivity index (χ4n) is 2.75. The number of benzene rings is 2. The molecule has 0 amide bonds. The van der Waals surface area contributed by atoms with E-state index in [1.165, 1.54) is 18.2 Å². The lowest BCUT2D eigenvalue weighted by molar-refractivity contribution is -0.274. The first-order chi connectivity index (χ1) is 13.7. The zero-order valence-corrected chi connectivity index (χ0v) is 16.2. The van der Waals surface area contributed by atoms with Gasteiger partial charge in [0.25, 0.3) is 0 Å². The van der Waals surface area contributed by atoms with Gasteiger partial charge in [-0.1, -0.05) is 17.4 Å². The lowest BCUT2D eigenvalue weighted by Crippen LogP contribution is -2.32. The van der Waals surface area contributed by atoms with E-state index in [9.17, 15) is 22.0 Å². The summed E-state index contributed by atoms with van der Waals surface area (Å²) in [6, 6.07) is 7.23. The highest BCUT2D eigenvalue weighted by molar-refractivity contribution is 7.22. The molecule has 1 heterocycles. The van der Waals surface area contributed by atoms with E-state index in [1.807, 2.05) is 13.8 Å². The lowest BCUT2D eigenvalue weighted by atomic mass is 10.1. The van der Waals surface area contributed by atoms with Crippen molar-refractivity contribution >= 4 is 32.5 Å². The van der Waals surface area contributed by atoms with E-state index in [0.29, 0.717) is 23.3 Å². The molecule has 0 unspecified atom stereocenters. The van der Waals surface area contributed by atoms with Crippen molar-refractivity contribution in [2.45, 2.75) is 20.2 Å². The van der Waals surface area contributed by atoms with Crippen molar-refractivity contribution < 1.29 is 26.7 Å². The van der Waals surface area contributed by atoms with Crippen LogP contribution in [0.5, 0.6) is 5.75 Å². The summed E-state index contributed by atoms with van der Waals surface area (Å²) >= 11 is 0.993. The summed E-state index contributed by atoms with van der Waals surface area (Å²) < 4.78 is 70.3. The van der Waals surface area contributed by atoms with Gasteiger partial charge in [0.15, 0.2) is 0 Å². The van der Waals surface area contributed by atoms with Gasteiger partial charge >= 0.3 is 6.36 Å². The quantitative estimate of drug-likeness (QED) is 0.288. The van der Waals surface area contributed by atoms with E-state index in [1.54, 1.807) is 4.90 Å². The highest BCUT2D eigenvalue weighted by Crippen LogP contribution is 2.33. The summed E-state index contributed by atoms with van der Waals surface area (Å²) in [5, 5.41) is 0.161. The molecular weight excluding hydrogens is 413 g/mol. The third kappa shape index (κ3) is 4.81. The first-order valence-corrected chi connectivity index (χ1v) is 9.47. The van der Waals surface area contributed by atoms with Crippen LogP contribution in [0.3, 0.4) is 0 Å². The second-order valence-corrected chi connectivity index (χ2v) is 6.89. The third-order valence-electron chi connectivity index (χ3n) is 4.03. The van der Waals surface area contributed by atoms with E-state index < -0.39 is 18.0 Å². The highest BCUT2D eigenvalue weighted by atomic mass is 32.1. The molecule has 0 aliphatic rings. The largest absolute Gasteiger partial charge is 0.573 e. The number of ether oxygens (including phenoxy) is 1. The number of thiazole rings is 1. The Kier molecular flexibility index (Phi) is 6.02. The molecule has 0 bridgehead atoms. The van der Waals surface area contributed by atoms with Crippen molar-refractivity contribution in [1.82, 2.24) is 9.88 Å². The van der Waals surface area contributed by atoms with Gasteiger partial charge in [-0.15, -0.1) is 13.2 Å². The van der Waals surface area contributed by atoms with Gasteiger partial charge in [0, 0.05) is 19.2 Å². The monoisotopic (exact) mass is 429 g/mol. The van der Waals surface area contributed by atoms with Crippen molar-refractivity contribution in [2.75, 3.05) is 13.1 Å². The zero-order chi connectivity index (χ0) is 21.2. The summed E-state index contributed by atoms with van der Waals surface area (Å²) in [4.78, 5) is 10.3. The van der Waals surface area contributed by atoms with Gasteiger partial charge in [-0.05, 0) is 38.1 Å². The summed E-state index contributed by atoms with van der Waals surface area (Å²) in [5.41, 5.74) is 0.118. The molecule has 0 aliphatic carbocycles. The molecule has 4 nitrogen and oxygen atoms in total. The molecule has 0 atom stereocenters. The van der Waals surface area contributed by atoms with Gasteiger partial charge < -0.3 is 9.64 Å². The molecule has 0 saturated carbocycles. The Balaban J connectivity index is 2.08. The summed E-state index contributed by atoms with van der Waals surface area (Å²) in [7, 11) is 0. The summed E-state index contributed by atoms with van der Waals surface area (Å²) in [6.45, 7) is 4.52. The topological polar surface area (TPSA) is 37.7 Å². The highest BCUT2D eigenvalue weighted by Gasteiger charge is 2.31. The van der Waals surface area contributed by atoms with Gasteiger partial charge in [0.05, 0.1) is 15.8 Å². The predicted molar refractivity (Wildman–Crippen MR) is 102 cm³/mol. The van der Waals surface area contributed by atoms with Crippen molar-refractivity contribution in [3.63, 3.8) is 0 Å². The van der Waals surface area contributed by atoms with Crippen LogP contribution < -0.4 is 4.74 Å². The minimum atomic E-state index is -4.81. The Morgan fingerprint density at radius 3 is 2.34 bits per heavy atom. The first kappa shape index (κ1) is 21.0. The first-order valence-electron chi connectivity index (χ1n) is 8.66. The second kappa shape index (κ2) is 8.32. The molecule has 0 fully saturated rings. The average molecular weight is 429 g/mol. The molecule has 0 saturated heterocycles. The Labute approximate surface area is 167 Å². The number of hydrogen-bond donors (Lipinski definition) is 0. The van der Waals surface area contributed by atoms with Crippen LogP contribution in [0.15, 0.2) is 41.4 Å². The van der Waals surface area contributed by atoms with Crippen LogP contribution in [-0.2, 0) is 0 Å². The molecule has 0 radical (unpaired) electrons. The van der Waals surface area contributed by atoms with Crippen LogP contribution in [0.2, 0.25) is 0 Å². The number of halogens is 5. The number of alkyl halides is 3. The maximum Gasteiger partial charge on any atom is 0.573 e. The van der Waals surface area contributed by atoms with Gasteiger partial charge in [0.2, 0.25) is 5.13 Å². The van der Waals surface area contributed by atoms with Crippen LogP contribution in [0, 0.1) is 11.6 Å². The van der Waals surface area contributed by atoms with Gasteiger partial charge in [-0.25, -0.2) is 18.8 Å². The van der Waals surface area contributed by atoms with Crippen molar-refractivity contribution in [3.8, 4) is 5.75 Å². The molecule has 0 spiro atoms. The van der Waals surface area contributed by atoms with Gasteiger partial charge in [-0.2, -0.15) is 0 Å². The van der Waals surface area contributed by atoms with Gasteiger partial charge in [-0.3, -0.25) is 0 Å². The fraction of sp³-hybridized carbons (Fsp3) is 0.263. The molecule has 0 N–H and O–H groups in total. The Hall–Kier alpha value is -2.75. The number of hydrogen-bond acceptors (Lipinski definition) is 4. The minimum Gasteiger partial charge on any atom is -0.406 e. The predicted octanol–water partition coefficient (Wildman–Crippen LogP) is 5.89. The van der Waals surface area contributed by atoms with Crippen molar-refractivity contribution in [1.29, 1.82) is 0 Å². The molecule has 3 rings (SSSR count). The van der Waals surface area contributed by atoms with Crippen molar-refractivity contribution in [3.05, 3.63) is 53.6 Å². The van der Waals surface area contributed by atoms with Gasteiger partial charge in [0.1, 0.15) is 23.2 Å². The number of fused-ring (bicyclic) bond motifs is 1. The fourth-order valence-corrected chi connectivity index (χ4v) is 3.61. The maximum absolute atomic E-state index is 14.4. The van der Waals surface area contributed by atoms with Crippen molar-refractivity contribution in [2.24, 2.45) is 4.99 Å². The SMILES string of the molecule is CCN(CC)C(=Nc1nc2ccc(OC(F)(F)F)cc2s1)c1c(F)cccc1F. The smallest absolute Gasteiger partial charge is 0.406 e. The number of amidine groups is 1. The normalized spacial score (nSPS) is 12.4. The molecule has 1 aromatic heterocycles. The van der Waals surface area contributed by atoms with E-state index in [-0.39, 0.29) is 22.3 Å². The molecule has 0 aliphatic heterocycles. The van der Waals surface area contributed by atoms with Crippen LogP contribution in [0.25, 0.3) is 10.2 Å². The van der Waals surface area contributed by atoms with E-state index in [2.05, 4.69) is 14.7 Å². The molecular formula is C19H16F5N3OS. The number of nitrogens with zero attached hydrogens (tertiary/aromatic N) is 3. The number of rotatable bonds is 5. The molecule has 29 heavy (non-hydrogen) atoms. The minimum absolute atomic E-state index is 0.0661. The number of aromatic nitrogens is 1. The Morgan fingerprint density at radius 2 is 1.76 bits per heavy atom. The Morgan fingerprint density at radius 1 is 1.10 bits per heavy atom. The molecule has 2 aromatic carbocycles. The third-order valence-corrected chi connectivity index (χ3v) is 4.95. The van der Waals surface area contributed by atoms with Crippen LogP contribution in [0.1, 0.15) is 19.4 Å². The van der Waals surface area contributed by atoms with E-state index in [0.717, 1.165) is 29.5 Å². The van der Waals surface area contributed by atoms with Crippen LogP contribution >= 0.6 is 11.3 Å². The maximum atomic E-state index is 14.4. The summed E-state index contributed by atoms with van der Waals surface area (Å²) in [6.07, 6.45) is -4.81. The standard InChI is InChI=1S/C19H16F5N3OS/c1-3-27(4-2)17(16-12(20)6-5-7-13(16)21)26-18-25-14-9-8-11(10-15(14)29-18)28-19(22,23)24/h5-10H,3-4H2,1-2H3. The second-order valence-electron chi connectivity index (χ2n) is 5.88. The average Bonchev–Trinajstić information content (AvgIpc) is 3.02. The van der Waals surface area contributed by atoms with Crippen LogP contribution in [-0.4, -0.2) is 35.2 Å². The lowest BCUT2D eigenvalue weighted by Gasteiger charge is -2.23. The molecule has 154 valence electrons. The Bertz CT molecular complexity index is 1020. The van der Waals surface area contributed by atoms with E-state index >= 15 is 0 Å². The molecule has 10 heteroatoms. The van der Waals surface area contributed by atoms with E-state index in [4.69, 9.17) is 0 Å². The summed E-state index contributed by atoms with van der Waals surface area (Å²) in [5.74, 6) is -1.85. The number of aliphatic imine (C=N–C) groups is 1.